The second-order valence-electron chi connectivity index (χ2n) is 10.7. The zero-order chi connectivity index (χ0) is 19.5. The molecule has 1 heterocycles. The summed E-state index contributed by atoms with van der Waals surface area (Å²) < 4.78 is 0. The van der Waals surface area contributed by atoms with Crippen LogP contribution in [0.2, 0.25) is 0 Å². The van der Waals surface area contributed by atoms with Crippen LogP contribution in [0.4, 0.5) is 0 Å². The van der Waals surface area contributed by atoms with Gasteiger partial charge in [0.1, 0.15) is 0 Å². The molecule has 5 aliphatic carbocycles. The first kappa shape index (κ1) is 18.4. The van der Waals surface area contributed by atoms with Crippen LogP contribution >= 0.6 is 0 Å². The zero-order valence-corrected chi connectivity index (χ0v) is 17.6. The van der Waals surface area contributed by atoms with Crippen LogP contribution in [0.3, 0.4) is 0 Å². The number of carbonyl (C=O) groups excluding carboxylic acids is 1. The van der Waals surface area contributed by atoms with E-state index in [0.717, 1.165) is 49.5 Å². The lowest BCUT2D eigenvalue weighted by atomic mass is 9.54. The van der Waals surface area contributed by atoms with Crippen LogP contribution < -0.4 is 10.6 Å². The predicted molar refractivity (Wildman–Crippen MR) is 115 cm³/mol. The first-order valence-electron chi connectivity index (χ1n) is 12.0. The van der Waals surface area contributed by atoms with Crippen molar-refractivity contribution < 1.29 is 4.79 Å². The molecule has 1 amide bonds. The molecule has 0 unspecified atom stereocenters. The Morgan fingerprint density at radius 2 is 1.55 bits per heavy atom. The Morgan fingerprint density at radius 3 is 2.14 bits per heavy atom. The van der Waals surface area contributed by atoms with E-state index < -0.39 is 0 Å². The van der Waals surface area contributed by atoms with Crippen molar-refractivity contribution in [3.63, 3.8) is 0 Å². The maximum absolute atomic E-state index is 12.8. The Balaban J connectivity index is 1.17. The van der Waals surface area contributed by atoms with E-state index in [1.165, 1.54) is 43.2 Å². The summed E-state index contributed by atoms with van der Waals surface area (Å²) in [5.41, 5.74) is 2.95. The number of benzene rings is 1. The number of carbonyl (C=O) groups is 1. The number of likely N-dealkylation sites (N-methyl/N-ethyl adjacent to an activating group) is 1. The van der Waals surface area contributed by atoms with Crippen molar-refractivity contribution in [3.05, 3.63) is 35.4 Å². The molecule has 6 aliphatic rings. The Hall–Kier alpha value is -1.39. The van der Waals surface area contributed by atoms with E-state index in [1.54, 1.807) is 7.05 Å². The summed E-state index contributed by atoms with van der Waals surface area (Å²) in [7, 11) is 1.79. The third-order valence-electron chi connectivity index (χ3n) is 9.04. The molecule has 4 saturated carbocycles. The number of amides is 1. The summed E-state index contributed by atoms with van der Waals surface area (Å²) >= 11 is 0. The minimum absolute atomic E-state index is 0.0219. The first-order valence-corrected chi connectivity index (χ1v) is 12.0. The molecule has 156 valence electrons. The smallest absolute Gasteiger partial charge is 0.237 e. The van der Waals surface area contributed by atoms with Crippen LogP contribution in [-0.4, -0.2) is 48.6 Å². The average Bonchev–Trinajstić information content (AvgIpc) is 3.33. The monoisotopic (exact) mass is 393 g/mol. The van der Waals surface area contributed by atoms with E-state index in [0.29, 0.717) is 18.1 Å². The molecular formula is C25H35N3O. The summed E-state index contributed by atoms with van der Waals surface area (Å²) in [5, 5.41) is 7.07. The summed E-state index contributed by atoms with van der Waals surface area (Å²) in [6, 6.07) is 10.5. The number of nitrogens with one attached hydrogen (secondary N) is 2. The summed E-state index contributed by atoms with van der Waals surface area (Å²) in [6.45, 7) is 1.03. The maximum Gasteiger partial charge on any atom is 0.237 e. The van der Waals surface area contributed by atoms with Gasteiger partial charge in [0.15, 0.2) is 0 Å². The number of rotatable bonds is 4. The SMILES string of the molecule is CNC(=O)[C@@H]1C[C@H](NC2C3CC4CC(C3)CC2C4)CN1C1Cc2ccccc2C1. The Labute approximate surface area is 174 Å². The molecule has 0 radical (unpaired) electrons. The number of likely N-dealkylation sites (tertiary alicyclic amines) is 1. The van der Waals surface area contributed by atoms with Gasteiger partial charge in [0.25, 0.3) is 0 Å². The predicted octanol–water partition coefficient (Wildman–Crippen LogP) is 2.76. The topological polar surface area (TPSA) is 44.4 Å². The van der Waals surface area contributed by atoms with Gasteiger partial charge in [-0.1, -0.05) is 24.3 Å². The largest absolute Gasteiger partial charge is 0.358 e. The number of nitrogens with zero attached hydrogens (tertiary/aromatic N) is 1. The molecule has 4 nitrogen and oxygen atoms in total. The molecular weight excluding hydrogens is 358 g/mol. The van der Waals surface area contributed by atoms with E-state index in [9.17, 15) is 4.79 Å². The highest BCUT2D eigenvalue weighted by atomic mass is 16.2. The van der Waals surface area contributed by atoms with Gasteiger partial charge in [-0.05, 0) is 86.2 Å². The lowest BCUT2D eigenvalue weighted by Crippen LogP contribution is -2.57. The van der Waals surface area contributed by atoms with Crippen LogP contribution in [0.25, 0.3) is 0 Å². The summed E-state index contributed by atoms with van der Waals surface area (Å²) in [6.07, 6.45) is 10.5. The van der Waals surface area contributed by atoms with Crippen LogP contribution in [0.5, 0.6) is 0 Å². The summed E-state index contributed by atoms with van der Waals surface area (Å²) in [4.78, 5) is 15.3. The molecule has 2 N–H and O–H groups in total. The molecule has 4 heteroatoms. The lowest BCUT2D eigenvalue weighted by molar-refractivity contribution is -0.125. The normalized spacial score (nSPS) is 41.1. The number of hydrogen-bond acceptors (Lipinski definition) is 3. The lowest BCUT2D eigenvalue weighted by Gasteiger charge is -2.55. The molecule has 5 fully saturated rings. The van der Waals surface area contributed by atoms with Gasteiger partial charge in [-0.2, -0.15) is 0 Å². The maximum atomic E-state index is 12.8. The van der Waals surface area contributed by atoms with E-state index in [4.69, 9.17) is 0 Å². The van der Waals surface area contributed by atoms with Crippen molar-refractivity contribution >= 4 is 5.91 Å². The van der Waals surface area contributed by atoms with Gasteiger partial charge < -0.3 is 10.6 Å². The second-order valence-corrected chi connectivity index (χ2v) is 10.7. The standard InChI is InChI=1S/C25H35N3O/c1-26-25(29)23-13-21(14-28(23)22-11-17-4-2-3-5-18(17)12-22)27-24-19-7-15-6-16(9-19)10-20(24)8-15/h2-5,15-16,19-24,27H,6-14H2,1H3,(H,26,29)/t15?,16?,19?,20?,21-,23-,24?/m0/s1. The highest BCUT2D eigenvalue weighted by molar-refractivity contribution is 5.82. The zero-order valence-electron chi connectivity index (χ0n) is 17.6. The highest BCUT2D eigenvalue weighted by Gasteiger charge is 2.50. The molecule has 7 rings (SSSR count). The molecule has 1 aromatic rings. The third-order valence-corrected chi connectivity index (χ3v) is 9.04. The molecule has 1 aliphatic heterocycles. The molecule has 29 heavy (non-hydrogen) atoms. The summed E-state index contributed by atoms with van der Waals surface area (Å²) in [5.74, 6) is 4.04. The van der Waals surface area contributed by atoms with Gasteiger partial charge in [0.05, 0.1) is 6.04 Å². The fourth-order valence-corrected chi connectivity index (χ4v) is 8.05. The van der Waals surface area contributed by atoms with Crippen LogP contribution in [0, 0.1) is 23.7 Å². The van der Waals surface area contributed by atoms with Crippen molar-refractivity contribution in [1.29, 1.82) is 0 Å². The van der Waals surface area contributed by atoms with E-state index in [2.05, 4.69) is 39.8 Å². The van der Waals surface area contributed by atoms with Crippen LogP contribution in [-0.2, 0) is 17.6 Å². The molecule has 1 saturated heterocycles. The molecule has 0 spiro atoms. The highest BCUT2D eigenvalue weighted by Crippen LogP contribution is 2.54. The Morgan fingerprint density at radius 1 is 0.931 bits per heavy atom. The van der Waals surface area contributed by atoms with E-state index in [-0.39, 0.29) is 11.9 Å². The molecule has 4 bridgehead atoms. The fourth-order valence-electron chi connectivity index (χ4n) is 8.05. The molecule has 0 aromatic heterocycles. The van der Waals surface area contributed by atoms with Gasteiger partial charge in [-0.3, -0.25) is 9.69 Å². The number of fused-ring (bicyclic) bond motifs is 1. The van der Waals surface area contributed by atoms with Gasteiger partial charge in [-0.15, -0.1) is 0 Å². The average molecular weight is 394 g/mol. The fraction of sp³-hybridized carbons (Fsp3) is 0.720. The van der Waals surface area contributed by atoms with Gasteiger partial charge in [0.2, 0.25) is 5.91 Å². The Bertz CT molecular complexity index is 739. The van der Waals surface area contributed by atoms with E-state index in [1.807, 2.05) is 0 Å². The minimum Gasteiger partial charge on any atom is -0.358 e. The number of hydrogen-bond donors (Lipinski definition) is 2. The van der Waals surface area contributed by atoms with Crippen molar-refractivity contribution in [3.8, 4) is 0 Å². The van der Waals surface area contributed by atoms with Gasteiger partial charge >= 0.3 is 0 Å². The second kappa shape index (κ2) is 7.09. The third kappa shape index (κ3) is 3.14. The van der Waals surface area contributed by atoms with Crippen molar-refractivity contribution in [1.82, 2.24) is 15.5 Å². The minimum atomic E-state index is 0.0219. The quantitative estimate of drug-likeness (QED) is 0.827. The van der Waals surface area contributed by atoms with Gasteiger partial charge in [0, 0.05) is 31.7 Å². The Kier molecular flexibility index (Phi) is 4.50. The van der Waals surface area contributed by atoms with Crippen molar-refractivity contribution in [2.24, 2.45) is 23.7 Å². The molecule has 2 atom stereocenters. The first-order chi connectivity index (χ1) is 14.2. The van der Waals surface area contributed by atoms with E-state index >= 15 is 0 Å². The van der Waals surface area contributed by atoms with Gasteiger partial charge in [-0.25, -0.2) is 0 Å². The molecule has 1 aromatic carbocycles. The van der Waals surface area contributed by atoms with Crippen LogP contribution in [0.1, 0.15) is 49.7 Å². The van der Waals surface area contributed by atoms with Crippen molar-refractivity contribution in [2.45, 2.75) is 75.5 Å². The van der Waals surface area contributed by atoms with Crippen molar-refractivity contribution in [2.75, 3.05) is 13.6 Å². The van der Waals surface area contributed by atoms with Crippen LogP contribution in [0.15, 0.2) is 24.3 Å².